The molecule has 4 aromatic carbocycles. The van der Waals surface area contributed by atoms with Crippen molar-refractivity contribution in [3.8, 4) is 5.75 Å². The molecule has 2 heterocycles. The average Bonchev–Trinajstić information content (AvgIpc) is 3.00. The van der Waals surface area contributed by atoms with Crippen molar-refractivity contribution in [2.24, 2.45) is 0 Å². The average molecular weight is 549 g/mol. The second-order valence-electron chi connectivity index (χ2n) is 10.6. The highest BCUT2D eigenvalue weighted by Crippen LogP contribution is 2.30. The predicted molar refractivity (Wildman–Crippen MR) is 156 cm³/mol. The van der Waals surface area contributed by atoms with Crippen LogP contribution >= 0.6 is 0 Å². The Hall–Kier alpha value is -4.85. The summed E-state index contributed by atoms with van der Waals surface area (Å²) in [5.74, 6) is -0.152. The maximum atomic E-state index is 14.1. The smallest absolute Gasteiger partial charge is 0.319 e. The van der Waals surface area contributed by atoms with Gasteiger partial charge in [-0.05, 0) is 39.6 Å². The summed E-state index contributed by atoms with van der Waals surface area (Å²) in [5, 5.41) is 14.9. The number of carbonyl (C=O) groups is 3. The summed E-state index contributed by atoms with van der Waals surface area (Å²) in [5.41, 5.74) is 2.81. The van der Waals surface area contributed by atoms with Crippen molar-refractivity contribution in [2.45, 2.75) is 38.1 Å². The molecule has 0 aliphatic carbocycles. The summed E-state index contributed by atoms with van der Waals surface area (Å²) in [4.78, 5) is 46.0. The van der Waals surface area contributed by atoms with Crippen molar-refractivity contribution in [1.29, 1.82) is 0 Å². The van der Waals surface area contributed by atoms with Gasteiger partial charge in [0.15, 0.2) is 0 Å². The zero-order chi connectivity index (χ0) is 28.3. The predicted octanol–water partition coefficient (Wildman–Crippen LogP) is 4.27. The number of nitrogens with zero attached hydrogens (tertiary/aromatic N) is 3. The van der Waals surface area contributed by atoms with Crippen molar-refractivity contribution >= 4 is 28.6 Å². The quantitative estimate of drug-likeness (QED) is 0.377. The number of phenols is 1. The fourth-order valence-electron chi connectivity index (χ4n) is 5.93. The van der Waals surface area contributed by atoms with Gasteiger partial charge in [-0.15, -0.1) is 0 Å². The third-order valence-electron chi connectivity index (χ3n) is 8.01. The Labute approximate surface area is 238 Å². The number of fused-ring (bicyclic) bond motifs is 2. The van der Waals surface area contributed by atoms with Crippen LogP contribution in [0, 0.1) is 0 Å². The number of carbonyl (C=O) groups excluding carboxylic acids is 3. The lowest BCUT2D eigenvalue weighted by molar-refractivity contribution is -0.167. The van der Waals surface area contributed by atoms with Crippen molar-refractivity contribution in [2.75, 3.05) is 13.1 Å². The molecule has 208 valence electrons. The van der Waals surface area contributed by atoms with Gasteiger partial charge in [-0.1, -0.05) is 84.9 Å². The number of phenolic OH excluding ortho intramolecular Hbond substituents is 1. The van der Waals surface area contributed by atoms with E-state index in [1.165, 1.54) is 0 Å². The molecular formula is C33H32N4O4. The largest absolute Gasteiger partial charge is 0.508 e. The Morgan fingerprint density at radius 1 is 0.854 bits per heavy atom. The first-order chi connectivity index (χ1) is 20.0. The molecule has 6 rings (SSSR count). The molecule has 2 N–H and O–H groups in total. The highest BCUT2D eigenvalue weighted by Gasteiger charge is 2.48. The van der Waals surface area contributed by atoms with Crippen LogP contribution in [-0.2, 0) is 29.1 Å². The molecule has 8 nitrogen and oxygen atoms in total. The van der Waals surface area contributed by atoms with Gasteiger partial charge in [0, 0.05) is 32.5 Å². The van der Waals surface area contributed by atoms with Gasteiger partial charge in [0.1, 0.15) is 18.0 Å². The lowest BCUT2D eigenvalue weighted by atomic mass is 9.96. The van der Waals surface area contributed by atoms with E-state index in [2.05, 4.69) is 5.32 Å². The second-order valence-corrected chi connectivity index (χ2v) is 10.6. The van der Waals surface area contributed by atoms with E-state index in [4.69, 9.17) is 0 Å². The topological polar surface area (TPSA) is 93.2 Å². The fraction of sp³-hybridized carbons (Fsp3) is 0.242. The SMILES string of the molecule is O=C1[C@@H](Cc2ccc(O)cc2)N2C(=O)CCN(C(=O)NCc3ccccc3)[C@@H]2CN1Cc1cccc2ccccc12. The van der Waals surface area contributed by atoms with E-state index < -0.39 is 12.2 Å². The molecule has 0 radical (unpaired) electrons. The fourth-order valence-corrected chi connectivity index (χ4v) is 5.93. The second kappa shape index (κ2) is 11.3. The number of hydrogen-bond donors (Lipinski definition) is 2. The van der Waals surface area contributed by atoms with Crippen LogP contribution in [0.15, 0.2) is 97.1 Å². The van der Waals surface area contributed by atoms with Crippen molar-refractivity contribution < 1.29 is 19.5 Å². The number of piperazine rings is 1. The minimum Gasteiger partial charge on any atom is -0.508 e. The summed E-state index contributed by atoms with van der Waals surface area (Å²) in [7, 11) is 0. The monoisotopic (exact) mass is 548 g/mol. The molecule has 0 bridgehead atoms. The van der Waals surface area contributed by atoms with Crippen molar-refractivity contribution in [3.05, 3.63) is 114 Å². The van der Waals surface area contributed by atoms with Gasteiger partial charge < -0.3 is 25.1 Å². The van der Waals surface area contributed by atoms with Gasteiger partial charge in [0.25, 0.3) is 0 Å². The van der Waals surface area contributed by atoms with Crippen LogP contribution in [0.2, 0.25) is 0 Å². The van der Waals surface area contributed by atoms with Crippen molar-refractivity contribution in [3.63, 3.8) is 0 Å². The molecule has 41 heavy (non-hydrogen) atoms. The molecule has 0 spiro atoms. The van der Waals surface area contributed by atoms with Crippen LogP contribution in [0.1, 0.15) is 23.1 Å². The van der Waals surface area contributed by atoms with Crippen LogP contribution in [0.5, 0.6) is 5.75 Å². The molecule has 8 heteroatoms. The summed E-state index contributed by atoms with van der Waals surface area (Å²) >= 11 is 0. The van der Waals surface area contributed by atoms with Gasteiger partial charge in [0.05, 0.1) is 6.54 Å². The summed E-state index contributed by atoms with van der Waals surface area (Å²) in [6.45, 7) is 1.23. The maximum Gasteiger partial charge on any atom is 0.319 e. The van der Waals surface area contributed by atoms with E-state index >= 15 is 0 Å². The van der Waals surface area contributed by atoms with E-state index in [0.717, 1.165) is 27.5 Å². The molecule has 2 aliphatic heterocycles. The number of aromatic hydroxyl groups is 1. The molecule has 0 aromatic heterocycles. The third kappa shape index (κ3) is 5.45. The molecule has 2 aliphatic rings. The van der Waals surface area contributed by atoms with E-state index in [1.54, 1.807) is 39.0 Å². The molecular weight excluding hydrogens is 516 g/mol. The first kappa shape index (κ1) is 26.4. The molecule has 0 unspecified atom stereocenters. The van der Waals surface area contributed by atoms with Crippen LogP contribution in [-0.4, -0.2) is 62.9 Å². The minimum atomic E-state index is -0.773. The van der Waals surface area contributed by atoms with E-state index in [-0.39, 0.29) is 49.5 Å². The molecule has 2 fully saturated rings. The Bertz CT molecular complexity index is 1570. The minimum absolute atomic E-state index is 0.134. The Morgan fingerprint density at radius 2 is 1.59 bits per heavy atom. The lowest BCUT2D eigenvalue weighted by Gasteiger charge is -2.52. The first-order valence-corrected chi connectivity index (χ1v) is 13.9. The number of hydrogen-bond acceptors (Lipinski definition) is 4. The molecule has 4 amide bonds. The Balaban J connectivity index is 1.32. The Kier molecular flexibility index (Phi) is 7.29. The highest BCUT2D eigenvalue weighted by atomic mass is 16.3. The molecule has 2 saturated heterocycles. The van der Waals surface area contributed by atoms with Gasteiger partial charge in [-0.2, -0.15) is 0 Å². The van der Waals surface area contributed by atoms with Crippen LogP contribution < -0.4 is 5.32 Å². The van der Waals surface area contributed by atoms with Gasteiger partial charge in [0.2, 0.25) is 11.8 Å². The Morgan fingerprint density at radius 3 is 2.39 bits per heavy atom. The number of rotatable bonds is 6. The highest BCUT2D eigenvalue weighted by molar-refractivity contribution is 5.92. The zero-order valence-electron chi connectivity index (χ0n) is 22.6. The van der Waals surface area contributed by atoms with Crippen LogP contribution in [0.4, 0.5) is 4.79 Å². The van der Waals surface area contributed by atoms with Crippen LogP contribution in [0.25, 0.3) is 10.8 Å². The van der Waals surface area contributed by atoms with E-state index in [9.17, 15) is 19.5 Å². The summed E-state index contributed by atoms with van der Waals surface area (Å²) in [6.07, 6.45) is -0.160. The summed E-state index contributed by atoms with van der Waals surface area (Å²) in [6, 6.07) is 29.4. The lowest BCUT2D eigenvalue weighted by Crippen LogP contribution is -2.72. The number of amides is 4. The van der Waals surface area contributed by atoms with Gasteiger partial charge >= 0.3 is 6.03 Å². The molecule has 0 saturated carbocycles. The van der Waals surface area contributed by atoms with Gasteiger partial charge in [-0.3, -0.25) is 9.59 Å². The van der Waals surface area contributed by atoms with Crippen LogP contribution in [0.3, 0.4) is 0 Å². The van der Waals surface area contributed by atoms with Crippen molar-refractivity contribution in [1.82, 2.24) is 20.0 Å². The standard InChI is InChI=1S/C33H32N4O4/c38-27-15-13-23(14-16-27)19-29-32(40)35(21-26-11-6-10-25-9-4-5-12-28(25)26)22-30-36(18-17-31(39)37(29)30)33(41)34-20-24-7-2-1-3-8-24/h1-16,29-30,38H,17-22H2,(H,34,41)/t29-,30+/m1/s1. The number of nitrogens with one attached hydrogen (secondary N) is 1. The van der Waals surface area contributed by atoms with Gasteiger partial charge in [-0.25, -0.2) is 4.79 Å². The van der Waals surface area contributed by atoms with E-state index in [1.807, 2.05) is 72.8 Å². The normalized spacial score (nSPS) is 18.9. The number of benzene rings is 4. The molecule has 2 atom stereocenters. The maximum absolute atomic E-state index is 14.1. The molecule has 4 aromatic rings. The summed E-state index contributed by atoms with van der Waals surface area (Å²) < 4.78 is 0. The number of urea groups is 1. The zero-order valence-corrected chi connectivity index (χ0v) is 22.6. The van der Waals surface area contributed by atoms with E-state index in [0.29, 0.717) is 13.1 Å². The third-order valence-corrected chi connectivity index (χ3v) is 8.01. The first-order valence-electron chi connectivity index (χ1n) is 13.9.